The minimum Gasteiger partial charge on any atom is -0.368 e. The zero-order valence-electron chi connectivity index (χ0n) is 10.6. The maximum Gasteiger partial charge on any atom is 0.296 e. The summed E-state index contributed by atoms with van der Waals surface area (Å²) in [6, 6.07) is 0.127. The zero-order chi connectivity index (χ0) is 13.6. The lowest BCUT2D eigenvalue weighted by Gasteiger charge is -2.19. The van der Waals surface area contributed by atoms with E-state index in [4.69, 9.17) is 15.4 Å². The van der Waals surface area contributed by atoms with Crippen molar-refractivity contribution in [1.82, 2.24) is 14.8 Å². The summed E-state index contributed by atoms with van der Waals surface area (Å²) in [4.78, 5) is 0. The van der Waals surface area contributed by atoms with Gasteiger partial charge in [0.1, 0.15) is 6.61 Å². The molecule has 0 radical (unpaired) electrons. The van der Waals surface area contributed by atoms with E-state index in [0.717, 1.165) is 12.8 Å². The summed E-state index contributed by atoms with van der Waals surface area (Å²) < 4.78 is 30.0. The van der Waals surface area contributed by atoms with E-state index >= 15 is 0 Å². The van der Waals surface area contributed by atoms with E-state index in [2.05, 4.69) is 10.2 Å². The summed E-state index contributed by atoms with van der Waals surface area (Å²) in [7, 11) is 1.48. The monoisotopic (exact) mass is 293 g/mol. The van der Waals surface area contributed by atoms with Crippen LogP contribution in [0.25, 0.3) is 0 Å². The first-order valence-electron chi connectivity index (χ1n) is 5.71. The van der Waals surface area contributed by atoms with Gasteiger partial charge in [-0.15, -0.1) is 10.2 Å². The number of nitrogens with zero attached hydrogens (tertiary/aromatic N) is 3. The summed E-state index contributed by atoms with van der Waals surface area (Å²) in [6.07, 6.45) is 1.83. The first kappa shape index (κ1) is 13.8. The highest BCUT2D eigenvalue weighted by atomic mass is 35.7. The molecule has 6 nitrogen and oxygen atoms in total. The Bertz CT molecular complexity index is 543. The average Bonchev–Trinajstić information content (AvgIpc) is 2.92. The van der Waals surface area contributed by atoms with Gasteiger partial charge in [-0.3, -0.25) is 4.57 Å². The third kappa shape index (κ3) is 3.21. The van der Waals surface area contributed by atoms with E-state index in [1.807, 2.05) is 20.8 Å². The molecule has 0 aliphatic heterocycles. The molecule has 1 aliphatic carbocycles. The van der Waals surface area contributed by atoms with Gasteiger partial charge in [0.15, 0.2) is 5.82 Å². The second kappa shape index (κ2) is 4.47. The van der Waals surface area contributed by atoms with Crippen LogP contribution in [0, 0.1) is 0 Å². The molecule has 1 aromatic heterocycles. The third-order valence-corrected chi connectivity index (χ3v) is 3.63. The van der Waals surface area contributed by atoms with Crippen molar-refractivity contribution in [2.75, 3.05) is 0 Å². The Hall–Kier alpha value is -0.660. The molecule has 0 unspecified atom stereocenters. The van der Waals surface area contributed by atoms with Crippen molar-refractivity contribution in [2.24, 2.45) is 0 Å². The molecular formula is C10H16ClN3O3S. The molecule has 1 fully saturated rings. The topological polar surface area (TPSA) is 74.1 Å². The molecule has 0 saturated heterocycles. The normalized spacial score (nSPS) is 17.1. The van der Waals surface area contributed by atoms with Gasteiger partial charge in [-0.1, -0.05) is 0 Å². The fourth-order valence-corrected chi connectivity index (χ4v) is 2.50. The second-order valence-corrected chi connectivity index (χ2v) is 7.80. The summed E-state index contributed by atoms with van der Waals surface area (Å²) >= 11 is 0. The molecule has 0 amide bonds. The van der Waals surface area contributed by atoms with Gasteiger partial charge in [0, 0.05) is 16.7 Å². The standard InChI is InChI=1S/C10H16ClN3O3S/c1-10(2,3)17-6-8-12-13-9(18(11,15)16)14(8)7-4-5-7/h7H,4-6H2,1-3H3. The molecule has 0 atom stereocenters. The minimum absolute atomic E-state index is 0.127. The van der Waals surface area contributed by atoms with Gasteiger partial charge in [-0.05, 0) is 33.6 Å². The van der Waals surface area contributed by atoms with Crippen LogP contribution < -0.4 is 0 Å². The molecule has 1 saturated carbocycles. The average molecular weight is 294 g/mol. The molecule has 0 bridgehead atoms. The predicted octanol–water partition coefficient (Wildman–Crippen LogP) is 1.86. The molecule has 102 valence electrons. The quantitative estimate of drug-likeness (QED) is 0.792. The van der Waals surface area contributed by atoms with Crippen molar-refractivity contribution in [2.45, 2.75) is 57.0 Å². The van der Waals surface area contributed by atoms with E-state index in [1.165, 1.54) is 0 Å². The molecule has 1 aromatic rings. The molecule has 0 aromatic carbocycles. The van der Waals surface area contributed by atoms with Crippen molar-refractivity contribution >= 4 is 19.7 Å². The Kier molecular flexibility index (Phi) is 3.42. The molecule has 1 aliphatic rings. The highest BCUT2D eigenvalue weighted by molar-refractivity contribution is 8.13. The number of rotatable bonds is 4. The summed E-state index contributed by atoms with van der Waals surface area (Å²) in [6.45, 7) is 5.98. The van der Waals surface area contributed by atoms with Gasteiger partial charge in [0.2, 0.25) is 0 Å². The van der Waals surface area contributed by atoms with E-state index in [0.29, 0.717) is 5.82 Å². The molecule has 1 heterocycles. The van der Waals surface area contributed by atoms with Gasteiger partial charge >= 0.3 is 0 Å². The van der Waals surface area contributed by atoms with Crippen LogP contribution in [0.1, 0.15) is 45.5 Å². The SMILES string of the molecule is CC(C)(C)OCc1nnc(S(=O)(=O)Cl)n1C1CC1. The lowest BCUT2D eigenvalue weighted by molar-refractivity contribution is -0.0196. The van der Waals surface area contributed by atoms with Crippen LogP contribution >= 0.6 is 10.7 Å². The van der Waals surface area contributed by atoms with Crippen molar-refractivity contribution in [3.05, 3.63) is 5.82 Å². The van der Waals surface area contributed by atoms with E-state index in [-0.39, 0.29) is 23.4 Å². The minimum atomic E-state index is -3.87. The van der Waals surface area contributed by atoms with E-state index in [9.17, 15) is 8.42 Å². The van der Waals surface area contributed by atoms with Crippen molar-refractivity contribution in [3.63, 3.8) is 0 Å². The number of ether oxygens (including phenoxy) is 1. The highest BCUT2D eigenvalue weighted by Gasteiger charge is 2.34. The van der Waals surface area contributed by atoms with Crippen LogP contribution in [0.2, 0.25) is 0 Å². The Morgan fingerprint density at radius 1 is 1.39 bits per heavy atom. The van der Waals surface area contributed by atoms with Gasteiger partial charge < -0.3 is 4.74 Å². The maximum atomic E-state index is 11.4. The van der Waals surface area contributed by atoms with Gasteiger partial charge in [0.05, 0.1) is 5.60 Å². The van der Waals surface area contributed by atoms with Gasteiger partial charge in [0.25, 0.3) is 14.2 Å². The van der Waals surface area contributed by atoms with Crippen LogP contribution in [0.3, 0.4) is 0 Å². The number of halogens is 1. The number of hydrogen-bond donors (Lipinski definition) is 0. The van der Waals surface area contributed by atoms with Crippen molar-refractivity contribution < 1.29 is 13.2 Å². The Balaban J connectivity index is 2.29. The van der Waals surface area contributed by atoms with E-state index in [1.54, 1.807) is 4.57 Å². The van der Waals surface area contributed by atoms with Crippen LogP contribution in [0.15, 0.2) is 5.16 Å². The zero-order valence-corrected chi connectivity index (χ0v) is 12.1. The summed E-state index contributed by atoms with van der Waals surface area (Å²) in [5.74, 6) is 0.506. The Morgan fingerprint density at radius 2 is 2.00 bits per heavy atom. The van der Waals surface area contributed by atoms with Crippen LogP contribution in [-0.4, -0.2) is 28.8 Å². The maximum absolute atomic E-state index is 11.4. The first-order chi connectivity index (χ1) is 8.18. The molecule has 0 spiro atoms. The third-order valence-electron chi connectivity index (χ3n) is 2.50. The number of aromatic nitrogens is 3. The first-order valence-corrected chi connectivity index (χ1v) is 8.02. The molecule has 0 N–H and O–H groups in total. The smallest absolute Gasteiger partial charge is 0.296 e. The van der Waals surface area contributed by atoms with Gasteiger partial charge in [-0.25, -0.2) is 8.42 Å². The Labute approximate surface area is 111 Å². The van der Waals surface area contributed by atoms with Crippen LogP contribution in [-0.2, 0) is 20.4 Å². The fraction of sp³-hybridized carbons (Fsp3) is 0.800. The fourth-order valence-electron chi connectivity index (χ4n) is 1.55. The molecule has 18 heavy (non-hydrogen) atoms. The lowest BCUT2D eigenvalue weighted by atomic mass is 10.2. The van der Waals surface area contributed by atoms with Crippen molar-refractivity contribution in [3.8, 4) is 0 Å². The summed E-state index contributed by atoms with van der Waals surface area (Å²) in [5.41, 5.74) is -0.319. The largest absolute Gasteiger partial charge is 0.368 e. The lowest BCUT2D eigenvalue weighted by Crippen LogP contribution is -2.20. The molecule has 8 heteroatoms. The van der Waals surface area contributed by atoms with Gasteiger partial charge in [-0.2, -0.15) is 0 Å². The predicted molar refractivity (Wildman–Crippen MR) is 65.9 cm³/mol. The van der Waals surface area contributed by atoms with Crippen molar-refractivity contribution in [1.29, 1.82) is 0 Å². The van der Waals surface area contributed by atoms with E-state index < -0.39 is 9.05 Å². The van der Waals surface area contributed by atoms with Crippen LogP contribution in [0.4, 0.5) is 0 Å². The summed E-state index contributed by atoms with van der Waals surface area (Å²) in [5, 5.41) is 7.35. The second-order valence-electron chi connectivity index (χ2n) is 5.34. The molecule has 2 rings (SSSR count). The number of hydrogen-bond acceptors (Lipinski definition) is 5. The van der Waals surface area contributed by atoms with Crippen LogP contribution in [0.5, 0.6) is 0 Å². The Morgan fingerprint density at radius 3 is 2.44 bits per heavy atom. The molecular weight excluding hydrogens is 278 g/mol. The highest BCUT2D eigenvalue weighted by Crippen LogP contribution is 2.38.